The average molecular weight is 398 g/mol. The fourth-order valence-electron chi connectivity index (χ4n) is 2.65. The van der Waals surface area contributed by atoms with Crippen molar-refractivity contribution < 1.29 is 27.5 Å². The fraction of sp³-hybridized carbons (Fsp3) is 0.389. The standard InChI is InChI=1S/C18H21F3N4O3/c1-3-4-25-15(13(8-24-25)16(20)21)10-5-11(7-12(19)6-10)17(26)23-9-14(22)18(27)28-2/h5-8,14,16H,3-4,9,22H2,1-2H3,(H,23,26)/t14-/m1/s1. The van der Waals surface area contributed by atoms with Crippen LogP contribution in [0.3, 0.4) is 0 Å². The Morgan fingerprint density at radius 2 is 2.04 bits per heavy atom. The second-order valence-corrected chi connectivity index (χ2v) is 6.04. The molecule has 0 spiro atoms. The zero-order valence-electron chi connectivity index (χ0n) is 15.4. The van der Waals surface area contributed by atoms with Gasteiger partial charge in [-0.1, -0.05) is 6.92 Å². The average Bonchev–Trinajstić information content (AvgIpc) is 3.08. The van der Waals surface area contributed by atoms with Crippen LogP contribution in [0.1, 0.15) is 35.7 Å². The molecule has 0 fully saturated rings. The summed E-state index contributed by atoms with van der Waals surface area (Å²) in [6, 6.07) is 2.23. The number of benzene rings is 1. The van der Waals surface area contributed by atoms with Crippen molar-refractivity contribution in [2.24, 2.45) is 5.73 Å². The first-order valence-electron chi connectivity index (χ1n) is 8.54. The van der Waals surface area contributed by atoms with Crippen LogP contribution in [-0.2, 0) is 16.1 Å². The van der Waals surface area contributed by atoms with Gasteiger partial charge in [-0.15, -0.1) is 0 Å². The lowest BCUT2D eigenvalue weighted by molar-refractivity contribution is -0.141. The molecule has 1 aromatic heterocycles. The van der Waals surface area contributed by atoms with E-state index >= 15 is 0 Å². The third-order valence-electron chi connectivity index (χ3n) is 3.96. The molecule has 0 bridgehead atoms. The quantitative estimate of drug-likeness (QED) is 0.665. The normalized spacial score (nSPS) is 12.1. The second kappa shape index (κ2) is 9.36. The van der Waals surface area contributed by atoms with E-state index in [4.69, 9.17) is 5.73 Å². The van der Waals surface area contributed by atoms with E-state index in [1.54, 1.807) is 0 Å². The van der Waals surface area contributed by atoms with Crippen LogP contribution in [0.15, 0.2) is 24.4 Å². The van der Waals surface area contributed by atoms with Crippen LogP contribution in [0, 0.1) is 5.82 Å². The molecule has 10 heteroatoms. The Kier molecular flexibility index (Phi) is 7.16. The van der Waals surface area contributed by atoms with Crippen molar-refractivity contribution in [3.8, 4) is 11.3 Å². The van der Waals surface area contributed by atoms with Crippen LogP contribution < -0.4 is 11.1 Å². The molecule has 0 saturated heterocycles. The van der Waals surface area contributed by atoms with Crippen molar-refractivity contribution in [1.29, 1.82) is 0 Å². The van der Waals surface area contributed by atoms with E-state index in [1.165, 1.54) is 10.7 Å². The molecule has 2 rings (SSSR count). The lowest BCUT2D eigenvalue weighted by atomic mass is 10.0. The summed E-state index contributed by atoms with van der Waals surface area (Å²) in [7, 11) is 1.16. The molecule has 0 saturated carbocycles. The van der Waals surface area contributed by atoms with Gasteiger partial charge in [0.15, 0.2) is 0 Å². The first-order valence-corrected chi connectivity index (χ1v) is 8.54. The van der Waals surface area contributed by atoms with Gasteiger partial charge in [-0.2, -0.15) is 5.10 Å². The molecule has 0 aliphatic rings. The zero-order valence-corrected chi connectivity index (χ0v) is 15.4. The van der Waals surface area contributed by atoms with E-state index in [0.29, 0.717) is 13.0 Å². The van der Waals surface area contributed by atoms with Crippen molar-refractivity contribution in [2.45, 2.75) is 32.4 Å². The third-order valence-corrected chi connectivity index (χ3v) is 3.96. The number of nitrogens with zero attached hydrogens (tertiary/aromatic N) is 2. The lowest BCUT2D eigenvalue weighted by Crippen LogP contribution is -2.43. The van der Waals surface area contributed by atoms with Gasteiger partial charge in [0.05, 0.1) is 24.6 Å². The van der Waals surface area contributed by atoms with E-state index in [9.17, 15) is 22.8 Å². The number of hydrogen-bond donors (Lipinski definition) is 2. The minimum atomic E-state index is -2.81. The largest absolute Gasteiger partial charge is 0.468 e. The number of aromatic nitrogens is 2. The summed E-state index contributed by atoms with van der Waals surface area (Å²) in [5.74, 6) is -2.20. The van der Waals surface area contributed by atoms with Crippen molar-refractivity contribution in [2.75, 3.05) is 13.7 Å². The highest BCUT2D eigenvalue weighted by molar-refractivity contribution is 5.95. The van der Waals surface area contributed by atoms with E-state index < -0.39 is 30.2 Å². The molecule has 3 N–H and O–H groups in total. The summed E-state index contributed by atoms with van der Waals surface area (Å²) in [4.78, 5) is 23.6. The third kappa shape index (κ3) is 4.89. The minimum absolute atomic E-state index is 0.0525. The maximum absolute atomic E-state index is 14.1. The number of amides is 1. The second-order valence-electron chi connectivity index (χ2n) is 6.04. The summed E-state index contributed by atoms with van der Waals surface area (Å²) in [6.45, 7) is 1.98. The van der Waals surface area contributed by atoms with E-state index in [2.05, 4.69) is 15.2 Å². The number of nitrogens with one attached hydrogen (secondary N) is 1. The summed E-state index contributed by atoms with van der Waals surface area (Å²) in [5, 5.41) is 6.33. The van der Waals surface area contributed by atoms with E-state index in [1.807, 2.05) is 6.92 Å². The Morgan fingerprint density at radius 3 is 2.64 bits per heavy atom. The molecule has 0 radical (unpaired) electrons. The van der Waals surface area contributed by atoms with Crippen LogP contribution in [0.5, 0.6) is 0 Å². The molecule has 152 valence electrons. The van der Waals surface area contributed by atoms with E-state index in [-0.39, 0.29) is 28.9 Å². The predicted molar refractivity (Wildman–Crippen MR) is 95.2 cm³/mol. The molecular formula is C18H21F3N4O3. The lowest BCUT2D eigenvalue weighted by Gasteiger charge is -2.13. The monoisotopic (exact) mass is 398 g/mol. The van der Waals surface area contributed by atoms with Crippen LogP contribution in [-0.4, -0.2) is 41.4 Å². The number of alkyl halides is 2. The summed E-state index contributed by atoms with van der Waals surface area (Å²) < 4.78 is 46.6. The molecule has 0 aliphatic carbocycles. The van der Waals surface area contributed by atoms with Gasteiger partial charge in [0, 0.05) is 24.2 Å². The van der Waals surface area contributed by atoms with Gasteiger partial charge in [0.1, 0.15) is 11.9 Å². The number of rotatable bonds is 8. The Bertz CT molecular complexity index is 855. The molecule has 1 heterocycles. The molecular weight excluding hydrogens is 377 g/mol. The number of nitrogens with two attached hydrogens (primary N) is 1. The molecule has 1 aromatic carbocycles. The summed E-state index contributed by atoms with van der Waals surface area (Å²) in [6.07, 6.45) is -1.14. The highest BCUT2D eigenvalue weighted by atomic mass is 19.3. The first-order chi connectivity index (χ1) is 13.3. The molecule has 2 aromatic rings. The van der Waals surface area contributed by atoms with Gasteiger partial charge in [-0.25, -0.2) is 13.2 Å². The van der Waals surface area contributed by atoms with Crippen molar-refractivity contribution in [3.05, 3.63) is 41.3 Å². The van der Waals surface area contributed by atoms with Crippen molar-refractivity contribution in [1.82, 2.24) is 15.1 Å². The number of aryl methyl sites for hydroxylation is 1. The van der Waals surface area contributed by atoms with Crippen molar-refractivity contribution >= 4 is 11.9 Å². The number of halogens is 3. The molecule has 0 unspecified atom stereocenters. The Labute approximate surface area is 159 Å². The maximum Gasteiger partial charge on any atom is 0.324 e. The Hall–Kier alpha value is -2.88. The number of esters is 1. The van der Waals surface area contributed by atoms with Gasteiger partial charge in [-0.05, 0) is 24.6 Å². The number of carbonyl (C=O) groups is 2. The van der Waals surface area contributed by atoms with Gasteiger partial charge in [0.25, 0.3) is 12.3 Å². The van der Waals surface area contributed by atoms with Gasteiger partial charge in [0.2, 0.25) is 0 Å². The predicted octanol–water partition coefficient (Wildman–Crippen LogP) is 2.27. The number of methoxy groups -OCH3 is 1. The van der Waals surface area contributed by atoms with Crippen LogP contribution in [0.4, 0.5) is 13.2 Å². The number of hydrogen-bond acceptors (Lipinski definition) is 5. The number of carbonyl (C=O) groups excluding carboxylic acids is 2. The van der Waals surface area contributed by atoms with Gasteiger partial charge >= 0.3 is 5.97 Å². The van der Waals surface area contributed by atoms with Crippen LogP contribution in [0.25, 0.3) is 11.3 Å². The SMILES string of the molecule is CCCn1ncc(C(F)F)c1-c1cc(F)cc(C(=O)NC[C@@H](N)C(=O)OC)c1. The number of ether oxygens (including phenoxy) is 1. The fourth-order valence-corrected chi connectivity index (χ4v) is 2.65. The first kappa shape index (κ1) is 21.4. The van der Waals surface area contributed by atoms with Gasteiger partial charge < -0.3 is 15.8 Å². The highest BCUT2D eigenvalue weighted by Crippen LogP contribution is 2.32. The molecule has 28 heavy (non-hydrogen) atoms. The van der Waals surface area contributed by atoms with Crippen molar-refractivity contribution in [3.63, 3.8) is 0 Å². The minimum Gasteiger partial charge on any atom is -0.468 e. The zero-order chi connectivity index (χ0) is 20.8. The highest BCUT2D eigenvalue weighted by Gasteiger charge is 2.22. The summed E-state index contributed by atoms with van der Waals surface area (Å²) >= 11 is 0. The Morgan fingerprint density at radius 1 is 1.32 bits per heavy atom. The van der Waals surface area contributed by atoms with E-state index in [0.717, 1.165) is 25.4 Å². The summed E-state index contributed by atoms with van der Waals surface area (Å²) in [5.41, 5.74) is 5.24. The topological polar surface area (TPSA) is 99.2 Å². The molecule has 7 nitrogen and oxygen atoms in total. The Balaban J connectivity index is 2.35. The van der Waals surface area contributed by atoms with Gasteiger partial charge in [-0.3, -0.25) is 14.3 Å². The molecule has 1 atom stereocenters. The maximum atomic E-state index is 14.1. The molecule has 1 amide bonds. The van der Waals surface area contributed by atoms with Crippen LogP contribution in [0.2, 0.25) is 0 Å². The van der Waals surface area contributed by atoms with Crippen LogP contribution >= 0.6 is 0 Å². The smallest absolute Gasteiger partial charge is 0.324 e. The molecule has 0 aliphatic heterocycles.